The van der Waals surface area contributed by atoms with Crippen LogP contribution in [0.1, 0.15) is 10.4 Å². The summed E-state index contributed by atoms with van der Waals surface area (Å²) in [6, 6.07) is 7.32. The highest BCUT2D eigenvalue weighted by molar-refractivity contribution is 5.95. The standard InChI is InChI=1S/C11H16N2O2/c1-13(8-7-12)10-6-4-3-5-9(10)11(14)15-2/h3-6H,7-8,12H2,1-2H3. The van der Waals surface area contributed by atoms with Gasteiger partial charge in [0.05, 0.1) is 18.4 Å². The average molecular weight is 208 g/mol. The van der Waals surface area contributed by atoms with Crippen LogP contribution >= 0.6 is 0 Å². The lowest BCUT2D eigenvalue weighted by atomic mass is 10.1. The monoisotopic (exact) mass is 208 g/mol. The Morgan fingerprint density at radius 1 is 1.47 bits per heavy atom. The third kappa shape index (κ3) is 2.70. The Morgan fingerprint density at radius 3 is 2.73 bits per heavy atom. The highest BCUT2D eigenvalue weighted by atomic mass is 16.5. The summed E-state index contributed by atoms with van der Waals surface area (Å²) in [5, 5.41) is 0. The van der Waals surface area contributed by atoms with Gasteiger partial charge in [-0.3, -0.25) is 0 Å². The van der Waals surface area contributed by atoms with Crippen LogP contribution in [-0.2, 0) is 4.74 Å². The molecule has 0 heterocycles. The largest absolute Gasteiger partial charge is 0.465 e. The number of nitrogens with zero attached hydrogens (tertiary/aromatic N) is 1. The number of para-hydroxylation sites is 1. The zero-order valence-corrected chi connectivity index (χ0v) is 9.06. The molecule has 0 atom stereocenters. The van der Waals surface area contributed by atoms with Gasteiger partial charge in [0, 0.05) is 20.1 Å². The van der Waals surface area contributed by atoms with Crippen molar-refractivity contribution in [2.75, 3.05) is 32.1 Å². The number of hydrogen-bond donors (Lipinski definition) is 1. The lowest BCUT2D eigenvalue weighted by Gasteiger charge is -2.20. The summed E-state index contributed by atoms with van der Waals surface area (Å²) < 4.78 is 4.71. The number of hydrogen-bond acceptors (Lipinski definition) is 4. The van der Waals surface area contributed by atoms with Crippen LogP contribution in [0.25, 0.3) is 0 Å². The molecule has 0 unspecified atom stereocenters. The highest BCUT2D eigenvalue weighted by Gasteiger charge is 2.13. The second kappa shape index (κ2) is 5.36. The molecule has 1 aromatic carbocycles. The van der Waals surface area contributed by atoms with Gasteiger partial charge in [0.15, 0.2) is 0 Å². The Morgan fingerprint density at radius 2 is 2.13 bits per heavy atom. The number of nitrogens with two attached hydrogens (primary N) is 1. The van der Waals surface area contributed by atoms with E-state index >= 15 is 0 Å². The molecule has 0 spiro atoms. The zero-order valence-electron chi connectivity index (χ0n) is 9.06. The molecule has 4 heteroatoms. The number of likely N-dealkylation sites (N-methyl/N-ethyl adjacent to an activating group) is 1. The zero-order chi connectivity index (χ0) is 11.3. The van der Waals surface area contributed by atoms with Gasteiger partial charge >= 0.3 is 5.97 Å². The van der Waals surface area contributed by atoms with Crippen molar-refractivity contribution in [1.82, 2.24) is 0 Å². The maximum atomic E-state index is 11.5. The molecule has 0 saturated heterocycles. The lowest BCUT2D eigenvalue weighted by molar-refractivity contribution is 0.0601. The molecule has 0 saturated carbocycles. The van der Waals surface area contributed by atoms with Crippen molar-refractivity contribution in [2.45, 2.75) is 0 Å². The Hall–Kier alpha value is -1.55. The first kappa shape index (κ1) is 11.5. The fraction of sp³-hybridized carbons (Fsp3) is 0.364. The van der Waals surface area contributed by atoms with Gasteiger partial charge in [-0.25, -0.2) is 4.79 Å². The van der Waals surface area contributed by atoms with Gasteiger partial charge in [0.25, 0.3) is 0 Å². The third-order valence-corrected chi connectivity index (χ3v) is 2.19. The molecule has 0 aromatic heterocycles. The molecule has 0 radical (unpaired) electrons. The van der Waals surface area contributed by atoms with E-state index in [1.165, 1.54) is 7.11 Å². The van der Waals surface area contributed by atoms with Crippen molar-refractivity contribution in [1.29, 1.82) is 0 Å². The van der Waals surface area contributed by atoms with E-state index in [1.54, 1.807) is 6.07 Å². The van der Waals surface area contributed by atoms with Crippen molar-refractivity contribution in [3.8, 4) is 0 Å². The Kier molecular flexibility index (Phi) is 4.12. The molecule has 4 nitrogen and oxygen atoms in total. The topological polar surface area (TPSA) is 55.6 Å². The summed E-state index contributed by atoms with van der Waals surface area (Å²) in [4.78, 5) is 13.4. The minimum absolute atomic E-state index is 0.325. The van der Waals surface area contributed by atoms with Gasteiger partial charge in [-0.2, -0.15) is 0 Å². The van der Waals surface area contributed by atoms with E-state index in [0.717, 1.165) is 5.69 Å². The Labute approximate surface area is 89.6 Å². The van der Waals surface area contributed by atoms with Gasteiger partial charge < -0.3 is 15.4 Å². The molecule has 0 amide bonds. The van der Waals surface area contributed by atoms with Crippen LogP contribution in [0.3, 0.4) is 0 Å². The highest BCUT2D eigenvalue weighted by Crippen LogP contribution is 2.19. The normalized spacial score (nSPS) is 9.80. The number of esters is 1. The first-order chi connectivity index (χ1) is 7.20. The Bertz CT molecular complexity index is 339. The average Bonchev–Trinajstić information content (AvgIpc) is 2.28. The predicted octanol–water partition coefficient (Wildman–Crippen LogP) is 0.868. The van der Waals surface area contributed by atoms with Crippen molar-refractivity contribution in [2.24, 2.45) is 5.73 Å². The van der Waals surface area contributed by atoms with Gasteiger partial charge in [-0.15, -0.1) is 0 Å². The molecule has 0 bridgehead atoms. The summed E-state index contributed by atoms with van der Waals surface area (Å²) in [5.74, 6) is -0.325. The summed E-state index contributed by atoms with van der Waals surface area (Å²) in [6.45, 7) is 1.25. The van der Waals surface area contributed by atoms with E-state index in [-0.39, 0.29) is 5.97 Å². The quantitative estimate of drug-likeness (QED) is 0.746. The summed E-state index contributed by atoms with van der Waals surface area (Å²) in [5.41, 5.74) is 6.88. The lowest BCUT2D eigenvalue weighted by Crippen LogP contribution is -2.26. The van der Waals surface area contributed by atoms with E-state index < -0.39 is 0 Å². The summed E-state index contributed by atoms with van der Waals surface area (Å²) >= 11 is 0. The molecule has 0 aliphatic carbocycles. The first-order valence-corrected chi connectivity index (χ1v) is 4.79. The van der Waals surface area contributed by atoms with E-state index in [1.807, 2.05) is 30.1 Å². The van der Waals surface area contributed by atoms with Crippen LogP contribution < -0.4 is 10.6 Å². The van der Waals surface area contributed by atoms with E-state index in [4.69, 9.17) is 10.5 Å². The van der Waals surface area contributed by atoms with Crippen molar-refractivity contribution in [3.63, 3.8) is 0 Å². The molecule has 1 aromatic rings. The smallest absolute Gasteiger partial charge is 0.339 e. The minimum atomic E-state index is -0.325. The Balaban J connectivity index is 3.00. The molecule has 0 fully saturated rings. The van der Waals surface area contributed by atoms with Crippen molar-refractivity contribution >= 4 is 11.7 Å². The molecular formula is C11H16N2O2. The summed E-state index contributed by atoms with van der Waals surface area (Å²) in [6.07, 6.45) is 0. The predicted molar refractivity (Wildman–Crippen MR) is 60.1 cm³/mol. The number of ether oxygens (including phenoxy) is 1. The van der Waals surface area contributed by atoms with Crippen molar-refractivity contribution in [3.05, 3.63) is 29.8 Å². The molecule has 0 aliphatic rings. The first-order valence-electron chi connectivity index (χ1n) is 4.79. The maximum Gasteiger partial charge on any atom is 0.339 e. The molecule has 15 heavy (non-hydrogen) atoms. The fourth-order valence-electron chi connectivity index (χ4n) is 1.40. The van der Waals surface area contributed by atoms with E-state index in [0.29, 0.717) is 18.7 Å². The molecule has 1 rings (SSSR count). The van der Waals surface area contributed by atoms with Crippen molar-refractivity contribution < 1.29 is 9.53 Å². The molecule has 82 valence electrons. The van der Waals surface area contributed by atoms with Crippen LogP contribution in [0, 0.1) is 0 Å². The van der Waals surface area contributed by atoms with E-state index in [2.05, 4.69) is 0 Å². The second-order valence-electron chi connectivity index (χ2n) is 3.22. The third-order valence-electron chi connectivity index (χ3n) is 2.19. The molecule has 0 aliphatic heterocycles. The number of carbonyl (C=O) groups is 1. The number of rotatable bonds is 4. The van der Waals surface area contributed by atoms with Crippen LogP contribution in [0.5, 0.6) is 0 Å². The van der Waals surface area contributed by atoms with Gasteiger partial charge in [0.1, 0.15) is 0 Å². The molecular weight excluding hydrogens is 192 g/mol. The van der Waals surface area contributed by atoms with Gasteiger partial charge in [-0.05, 0) is 12.1 Å². The number of benzene rings is 1. The minimum Gasteiger partial charge on any atom is -0.465 e. The maximum absolute atomic E-state index is 11.5. The van der Waals surface area contributed by atoms with Gasteiger partial charge in [0.2, 0.25) is 0 Å². The van der Waals surface area contributed by atoms with Crippen LogP contribution in [0.15, 0.2) is 24.3 Å². The van der Waals surface area contributed by atoms with Crippen LogP contribution in [0.4, 0.5) is 5.69 Å². The summed E-state index contributed by atoms with van der Waals surface area (Å²) in [7, 11) is 3.27. The number of methoxy groups -OCH3 is 1. The van der Waals surface area contributed by atoms with Crippen LogP contribution in [0.2, 0.25) is 0 Å². The second-order valence-corrected chi connectivity index (χ2v) is 3.22. The van der Waals surface area contributed by atoms with E-state index in [9.17, 15) is 4.79 Å². The van der Waals surface area contributed by atoms with Gasteiger partial charge in [-0.1, -0.05) is 12.1 Å². The van der Waals surface area contributed by atoms with Crippen LogP contribution in [-0.4, -0.2) is 33.2 Å². The number of anilines is 1. The number of carbonyl (C=O) groups excluding carboxylic acids is 1. The SMILES string of the molecule is COC(=O)c1ccccc1N(C)CCN. The fourth-order valence-corrected chi connectivity index (χ4v) is 1.40. The molecule has 2 N–H and O–H groups in total.